The molecule has 0 aliphatic carbocycles. The van der Waals surface area contributed by atoms with Crippen LogP contribution in [-0.4, -0.2) is 28.4 Å². The number of methoxy groups -OCH3 is 3. The number of ether oxygens (including phenoxy) is 3. The summed E-state index contributed by atoms with van der Waals surface area (Å²) in [5.41, 5.74) is 1.15. The van der Waals surface area contributed by atoms with Crippen LogP contribution in [0.15, 0.2) is 12.1 Å². The first-order valence-corrected chi connectivity index (χ1v) is 6.18. The Morgan fingerprint density at radius 2 is 1.61 bits per heavy atom. The second kappa shape index (κ2) is 7.11. The third kappa shape index (κ3) is 3.07. The maximum absolute atomic E-state index is 5.36. The topological polar surface area (TPSA) is 39.7 Å². The Hall–Kier alpha value is -1.42. The van der Waals surface area contributed by atoms with Crippen molar-refractivity contribution in [1.29, 1.82) is 0 Å². The molecule has 0 bridgehead atoms. The Balaban J connectivity index is 3.21. The molecule has 0 spiro atoms. The first kappa shape index (κ1) is 14.6. The van der Waals surface area contributed by atoms with Crippen LogP contribution in [0.25, 0.3) is 0 Å². The summed E-state index contributed by atoms with van der Waals surface area (Å²) in [6.45, 7) is 2.17. The monoisotopic (exact) mass is 253 g/mol. The minimum atomic E-state index is 0.295. The van der Waals surface area contributed by atoms with Crippen LogP contribution in [0.2, 0.25) is 0 Å². The van der Waals surface area contributed by atoms with Crippen LogP contribution in [0.1, 0.15) is 31.4 Å². The Bertz CT molecular complexity index is 354. The molecule has 0 aromatic heterocycles. The molecular formula is C14H23NO3. The van der Waals surface area contributed by atoms with Crippen molar-refractivity contribution in [3.8, 4) is 17.2 Å². The highest BCUT2D eigenvalue weighted by Crippen LogP contribution is 2.40. The van der Waals surface area contributed by atoms with Crippen LogP contribution < -0.4 is 19.5 Å². The van der Waals surface area contributed by atoms with Gasteiger partial charge in [-0.15, -0.1) is 0 Å². The van der Waals surface area contributed by atoms with E-state index >= 15 is 0 Å². The molecule has 0 saturated carbocycles. The number of hydrogen-bond acceptors (Lipinski definition) is 4. The van der Waals surface area contributed by atoms with Gasteiger partial charge in [0.2, 0.25) is 5.75 Å². The predicted molar refractivity (Wildman–Crippen MR) is 72.8 cm³/mol. The lowest BCUT2D eigenvalue weighted by atomic mass is 10.0. The number of rotatable bonds is 7. The van der Waals surface area contributed by atoms with Crippen LogP contribution in [0.3, 0.4) is 0 Å². The highest BCUT2D eigenvalue weighted by atomic mass is 16.5. The van der Waals surface area contributed by atoms with Crippen molar-refractivity contribution in [3.63, 3.8) is 0 Å². The molecule has 0 radical (unpaired) electrons. The van der Waals surface area contributed by atoms with Crippen LogP contribution in [0.5, 0.6) is 17.2 Å². The zero-order valence-electron chi connectivity index (χ0n) is 11.9. The van der Waals surface area contributed by atoms with E-state index in [-0.39, 0.29) is 0 Å². The molecular weight excluding hydrogens is 230 g/mol. The van der Waals surface area contributed by atoms with E-state index in [0.29, 0.717) is 23.3 Å². The van der Waals surface area contributed by atoms with E-state index in [1.165, 1.54) is 0 Å². The van der Waals surface area contributed by atoms with Gasteiger partial charge in [-0.2, -0.15) is 0 Å². The van der Waals surface area contributed by atoms with Gasteiger partial charge >= 0.3 is 0 Å². The number of nitrogens with one attached hydrogen (secondary N) is 1. The van der Waals surface area contributed by atoms with Gasteiger partial charge in [0.05, 0.1) is 21.3 Å². The van der Waals surface area contributed by atoms with Gasteiger partial charge in [-0.1, -0.05) is 13.3 Å². The molecule has 0 aliphatic rings. The summed E-state index contributed by atoms with van der Waals surface area (Å²) < 4.78 is 16.0. The fourth-order valence-corrected chi connectivity index (χ4v) is 2.07. The van der Waals surface area contributed by atoms with Crippen molar-refractivity contribution in [2.24, 2.45) is 0 Å². The summed E-state index contributed by atoms with van der Waals surface area (Å²) in [5.74, 6) is 2.03. The van der Waals surface area contributed by atoms with Crippen molar-refractivity contribution in [1.82, 2.24) is 5.32 Å². The summed E-state index contributed by atoms with van der Waals surface area (Å²) in [7, 11) is 6.84. The SMILES string of the molecule is CCCC(NC)c1cc(OC)c(OC)c(OC)c1. The predicted octanol–water partition coefficient (Wildman–Crippen LogP) is 2.77. The molecule has 18 heavy (non-hydrogen) atoms. The third-order valence-electron chi connectivity index (χ3n) is 3.02. The molecule has 4 nitrogen and oxygen atoms in total. The van der Waals surface area contributed by atoms with Crippen LogP contribution in [0.4, 0.5) is 0 Å². The van der Waals surface area contributed by atoms with Gasteiger partial charge in [0.1, 0.15) is 0 Å². The molecule has 0 amide bonds. The van der Waals surface area contributed by atoms with Crippen molar-refractivity contribution in [3.05, 3.63) is 17.7 Å². The molecule has 0 heterocycles. The fraction of sp³-hybridized carbons (Fsp3) is 0.571. The van der Waals surface area contributed by atoms with Crippen molar-refractivity contribution in [2.45, 2.75) is 25.8 Å². The highest BCUT2D eigenvalue weighted by molar-refractivity contribution is 5.54. The molecule has 1 rings (SSSR count). The van der Waals surface area contributed by atoms with E-state index in [4.69, 9.17) is 14.2 Å². The molecule has 1 atom stereocenters. The van der Waals surface area contributed by atoms with Gasteiger partial charge in [0, 0.05) is 6.04 Å². The average molecular weight is 253 g/mol. The van der Waals surface area contributed by atoms with E-state index in [1.54, 1.807) is 21.3 Å². The Morgan fingerprint density at radius 1 is 1.06 bits per heavy atom. The molecule has 4 heteroatoms. The summed E-state index contributed by atoms with van der Waals surface area (Å²) in [6, 6.07) is 4.29. The van der Waals surface area contributed by atoms with Gasteiger partial charge in [-0.25, -0.2) is 0 Å². The highest BCUT2D eigenvalue weighted by Gasteiger charge is 2.17. The van der Waals surface area contributed by atoms with Crippen molar-refractivity contribution in [2.75, 3.05) is 28.4 Å². The van der Waals surface area contributed by atoms with Crippen LogP contribution in [-0.2, 0) is 0 Å². The Kier molecular flexibility index (Phi) is 5.78. The van der Waals surface area contributed by atoms with E-state index in [1.807, 2.05) is 19.2 Å². The molecule has 1 aromatic carbocycles. The maximum atomic E-state index is 5.36. The van der Waals surface area contributed by atoms with Gasteiger partial charge < -0.3 is 19.5 Å². The zero-order valence-corrected chi connectivity index (χ0v) is 11.9. The van der Waals surface area contributed by atoms with E-state index in [0.717, 1.165) is 18.4 Å². The zero-order chi connectivity index (χ0) is 13.5. The number of benzene rings is 1. The third-order valence-corrected chi connectivity index (χ3v) is 3.02. The van der Waals surface area contributed by atoms with Crippen LogP contribution in [0, 0.1) is 0 Å². The molecule has 1 aromatic rings. The van der Waals surface area contributed by atoms with E-state index < -0.39 is 0 Å². The first-order chi connectivity index (χ1) is 8.71. The van der Waals surface area contributed by atoms with E-state index in [2.05, 4.69) is 12.2 Å². The summed E-state index contributed by atoms with van der Waals surface area (Å²) >= 11 is 0. The lowest BCUT2D eigenvalue weighted by molar-refractivity contribution is 0.323. The number of hydrogen-bond donors (Lipinski definition) is 1. The maximum Gasteiger partial charge on any atom is 0.203 e. The quantitative estimate of drug-likeness (QED) is 0.811. The molecule has 1 N–H and O–H groups in total. The Labute approximate surface area is 109 Å². The van der Waals surface area contributed by atoms with Gasteiger partial charge in [-0.05, 0) is 31.2 Å². The minimum Gasteiger partial charge on any atom is -0.493 e. The van der Waals surface area contributed by atoms with Gasteiger partial charge in [0.25, 0.3) is 0 Å². The Morgan fingerprint density at radius 3 is 1.94 bits per heavy atom. The normalized spacial score (nSPS) is 12.1. The summed E-state index contributed by atoms with van der Waals surface area (Å²) in [6.07, 6.45) is 2.18. The average Bonchev–Trinajstić information content (AvgIpc) is 2.42. The lowest BCUT2D eigenvalue weighted by Gasteiger charge is -2.19. The van der Waals surface area contributed by atoms with Gasteiger partial charge in [0.15, 0.2) is 11.5 Å². The van der Waals surface area contributed by atoms with Gasteiger partial charge in [-0.3, -0.25) is 0 Å². The molecule has 0 saturated heterocycles. The van der Waals surface area contributed by atoms with Crippen molar-refractivity contribution < 1.29 is 14.2 Å². The van der Waals surface area contributed by atoms with E-state index in [9.17, 15) is 0 Å². The molecule has 0 aliphatic heterocycles. The summed E-state index contributed by atoms with van der Waals surface area (Å²) in [4.78, 5) is 0. The minimum absolute atomic E-state index is 0.295. The fourth-order valence-electron chi connectivity index (χ4n) is 2.07. The van der Waals surface area contributed by atoms with Crippen LogP contribution >= 0.6 is 0 Å². The lowest BCUT2D eigenvalue weighted by Crippen LogP contribution is -2.16. The summed E-state index contributed by atoms with van der Waals surface area (Å²) in [5, 5.41) is 3.31. The largest absolute Gasteiger partial charge is 0.493 e. The molecule has 0 fully saturated rings. The second-order valence-electron chi connectivity index (χ2n) is 4.09. The smallest absolute Gasteiger partial charge is 0.203 e. The van der Waals surface area contributed by atoms with Crippen molar-refractivity contribution >= 4 is 0 Å². The first-order valence-electron chi connectivity index (χ1n) is 6.18. The second-order valence-corrected chi connectivity index (χ2v) is 4.09. The molecule has 102 valence electrons. The molecule has 1 unspecified atom stereocenters. The standard InChI is InChI=1S/C14H23NO3/c1-6-7-11(15-2)10-8-12(16-3)14(18-5)13(9-10)17-4/h8-9,11,15H,6-7H2,1-5H3.